The molecule has 0 aliphatic rings. The van der Waals surface area contributed by atoms with E-state index in [0.717, 1.165) is 6.42 Å². The van der Waals surface area contributed by atoms with Gasteiger partial charge in [0.2, 0.25) is 0 Å². The minimum Gasteiger partial charge on any atom is -0.494 e. The van der Waals surface area contributed by atoms with E-state index < -0.39 is 12.1 Å². The van der Waals surface area contributed by atoms with Gasteiger partial charge in [0.25, 0.3) is 0 Å². The first-order valence-corrected chi connectivity index (χ1v) is 4.99. The molecule has 0 atom stereocenters. The number of ether oxygens (including phenoxy) is 2. The molecule has 0 heterocycles. The minimum atomic E-state index is -4.23. The summed E-state index contributed by atoms with van der Waals surface area (Å²) >= 11 is 0. The molecule has 4 nitrogen and oxygen atoms in total. The molecule has 1 aromatic carbocycles. The van der Waals surface area contributed by atoms with Crippen LogP contribution in [-0.4, -0.2) is 23.8 Å². The standard InChI is InChI=1S/C11H12F2O4/c1-2-7-16-8-3-5-9(6-4-8)17-11(12,13)10(14)15/h3-6H,2,7H2,1H3,(H,14,15). The fourth-order valence-electron chi connectivity index (χ4n) is 1.02. The van der Waals surface area contributed by atoms with E-state index in [1.807, 2.05) is 6.92 Å². The lowest BCUT2D eigenvalue weighted by molar-refractivity contribution is -0.210. The Morgan fingerprint density at radius 2 is 1.82 bits per heavy atom. The summed E-state index contributed by atoms with van der Waals surface area (Å²) in [5.41, 5.74) is 0. The van der Waals surface area contributed by atoms with E-state index in [1.54, 1.807) is 0 Å². The van der Waals surface area contributed by atoms with E-state index in [9.17, 15) is 13.6 Å². The second-order valence-corrected chi connectivity index (χ2v) is 3.24. The van der Waals surface area contributed by atoms with Crippen LogP contribution in [0.2, 0.25) is 0 Å². The van der Waals surface area contributed by atoms with Crippen LogP contribution in [0.5, 0.6) is 11.5 Å². The van der Waals surface area contributed by atoms with Crippen molar-refractivity contribution >= 4 is 5.97 Å². The lowest BCUT2D eigenvalue weighted by atomic mass is 10.3. The van der Waals surface area contributed by atoms with Crippen LogP contribution < -0.4 is 9.47 Å². The number of hydrogen-bond acceptors (Lipinski definition) is 3. The molecule has 0 bridgehead atoms. The number of aliphatic carboxylic acids is 1. The topological polar surface area (TPSA) is 55.8 Å². The average molecular weight is 246 g/mol. The molecule has 0 saturated heterocycles. The third-order valence-corrected chi connectivity index (χ3v) is 1.79. The van der Waals surface area contributed by atoms with Gasteiger partial charge in [0.15, 0.2) is 0 Å². The first-order chi connectivity index (χ1) is 7.95. The Morgan fingerprint density at radius 1 is 1.29 bits per heavy atom. The Kier molecular flexibility index (Phi) is 4.25. The Hall–Kier alpha value is -1.85. The summed E-state index contributed by atoms with van der Waals surface area (Å²) in [6.45, 7) is 2.45. The third-order valence-electron chi connectivity index (χ3n) is 1.79. The number of halogens is 2. The number of hydrogen-bond donors (Lipinski definition) is 1. The van der Waals surface area contributed by atoms with Gasteiger partial charge in [0.1, 0.15) is 11.5 Å². The van der Waals surface area contributed by atoms with Crippen molar-refractivity contribution in [1.82, 2.24) is 0 Å². The van der Waals surface area contributed by atoms with Gasteiger partial charge in [-0.05, 0) is 30.7 Å². The molecule has 1 aromatic rings. The zero-order chi connectivity index (χ0) is 12.9. The maximum atomic E-state index is 12.7. The minimum absolute atomic E-state index is 0.235. The summed E-state index contributed by atoms with van der Waals surface area (Å²) in [6, 6.07) is 5.32. The van der Waals surface area contributed by atoms with Crippen LogP contribution in [0.4, 0.5) is 8.78 Å². The molecule has 0 unspecified atom stereocenters. The SMILES string of the molecule is CCCOc1ccc(OC(F)(F)C(=O)O)cc1. The van der Waals surface area contributed by atoms with Crippen molar-refractivity contribution in [2.45, 2.75) is 19.5 Å². The largest absolute Gasteiger partial charge is 0.501 e. The number of carbonyl (C=O) groups is 1. The number of benzene rings is 1. The Bertz CT molecular complexity index is 376. The van der Waals surface area contributed by atoms with Crippen LogP contribution in [0.25, 0.3) is 0 Å². The second kappa shape index (κ2) is 5.47. The van der Waals surface area contributed by atoms with Gasteiger partial charge >= 0.3 is 12.1 Å². The van der Waals surface area contributed by atoms with Crippen molar-refractivity contribution in [3.8, 4) is 11.5 Å². The van der Waals surface area contributed by atoms with Gasteiger partial charge in [-0.1, -0.05) is 6.92 Å². The summed E-state index contributed by atoms with van der Waals surface area (Å²) < 4.78 is 34.6. The average Bonchev–Trinajstić information content (AvgIpc) is 2.27. The lowest BCUT2D eigenvalue weighted by Gasteiger charge is -2.13. The first kappa shape index (κ1) is 13.2. The van der Waals surface area contributed by atoms with Crippen LogP contribution >= 0.6 is 0 Å². The second-order valence-electron chi connectivity index (χ2n) is 3.24. The Balaban J connectivity index is 2.65. The summed E-state index contributed by atoms with van der Waals surface area (Å²) in [7, 11) is 0. The summed E-state index contributed by atoms with van der Waals surface area (Å²) in [6.07, 6.45) is -3.40. The van der Waals surface area contributed by atoms with Crippen molar-refractivity contribution in [3.63, 3.8) is 0 Å². The van der Waals surface area contributed by atoms with Crippen molar-refractivity contribution in [2.75, 3.05) is 6.61 Å². The van der Waals surface area contributed by atoms with Crippen LogP contribution in [0.15, 0.2) is 24.3 Å². The van der Waals surface area contributed by atoms with Gasteiger partial charge in [-0.2, -0.15) is 8.78 Å². The van der Waals surface area contributed by atoms with E-state index in [2.05, 4.69) is 4.74 Å². The van der Waals surface area contributed by atoms with Gasteiger partial charge in [-0.15, -0.1) is 0 Å². The van der Waals surface area contributed by atoms with Gasteiger partial charge in [0, 0.05) is 0 Å². The van der Waals surface area contributed by atoms with E-state index in [0.29, 0.717) is 12.4 Å². The zero-order valence-electron chi connectivity index (χ0n) is 9.15. The van der Waals surface area contributed by atoms with Crippen molar-refractivity contribution in [3.05, 3.63) is 24.3 Å². The quantitative estimate of drug-likeness (QED) is 0.838. The predicted molar refractivity (Wildman–Crippen MR) is 55.4 cm³/mol. The summed E-state index contributed by atoms with van der Waals surface area (Å²) in [5.74, 6) is -2.05. The molecule has 0 aliphatic carbocycles. The normalized spacial score (nSPS) is 11.0. The molecule has 1 N–H and O–H groups in total. The molecule has 0 saturated carbocycles. The van der Waals surface area contributed by atoms with E-state index in [1.165, 1.54) is 24.3 Å². The number of rotatable bonds is 6. The molecule has 0 radical (unpaired) electrons. The molecule has 0 fully saturated rings. The lowest BCUT2D eigenvalue weighted by Crippen LogP contribution is -2.34. The van der Waals surface area contributed by atoms with Crippen molar-refractivity contribution < 1.29 is 28.2 Å². The molecular weight excluding hydrogens is 234 g/mol. The molecular formula is C11H12F2O4. The van der Waals surface area contributed by atoms with Gasteiger partial charge in [-0.3, -0.25) is 0 Å². The van der Waals surface area contributed by atoms with Crippen LogP contribution in [0, 0.1) is 0 Å². The molecule has 0 amide bonds. The van der Waals surface area contributed by atoms with Gasteiger partial charge in [-0.25, -0.2) is 4.79 Å². The summed E-state index contributed by atoms with van der Waals surface area (Å²) in [5, 5.41) is 8.17. The highest BCUT2D eigenvalue weighted by atomic mass is 19.3. The smallest absolute Gasteiger partial charge is 0.494 e. The van der Waals surface area contributed by atoms with Crippen LogP contribution in [0.1, 0.15) is 13.3 Å². The molecule has 0 spiro atoms. The van der Waals surface area contributed by atoms with Crippen LogP contribution in [-0.2, 0) is 4.79 Å². The third kappa shape index (κ3) is 3.90. The van der Waals surface area contributed by atoms with Crippen molar-refractivity contribution in [1.29, 1.82) is 0 Å². The summed E-state index contributed by atoms with van der Waals surface area (Å²) in [4.78, 5) is 10.1. The molecule has 94 valence electrons. The highest BCUT2D eigenvalue weighted by Crippen LogP contribution is 2.24. The molecule has 17 heavy (non-hydrogen) atoms. The van der Waals surface area contributed by atoms with Gasteiger partial charge < -0.3 is 14.6 Å². The van der Waals surface area contributed by atoms with Crippen LogP contribution in [0.3, 0.4) is 0 Å². The maximum Gasteiger partial charge on any atom is 0.501 e. The predicted octanol–water partition coefficient (Wildman–Crippen LogP) is 2.53. The molecule has 0 aromatic heterocycles. The fourth-order valence-corrected chi connectivity index (χ4v) is 1.02. The van der Waals surface area contributed by atoms with E-state index in [-0.39, 0.29) is 5.75 Å². The highest BCUT2D eigenvalue weighted by Gasteiger charge is 2.42. The molecule has 6 heteroatoms. The number of carboxylic acid groups (broad SMARTS) is 1. The molecule has 0 aliphatic heterocycles. The van der Waals surface area contributed by atoms with Crippen molar-refractivity contribution in [2.24, 2.45) is 0 Å². The fraction of sp³-hybridized carbons (Fsp3) is 0.364. The molecule has 1 rings (SSSR count). The van der Waals surface area contributed by atoms with E-state index >= 15 is 0 Å². The Labute approximate surface area is 96.8 Å². The first-order valence-electron chi connectivity index (χ1n) is 4.99. The maximum absolute atomic E-state index is 12.7. The number of carboxylic acids is 1. The number of alkyl halides is 2. The zero-order valence-corrected chi connectivity index (χ0v) is 9.15. The van der Waals surface area contributed by atoms with E-state index in [4.69, 9.17) is 9.84 Å². The highest BCUT2D eigenvalue weighted by molar-refractivity contribution is 5.73. The Morgan fingerprint density at radius 3 is 2.29 bits per heavy atom. The monoisotopic (exact) mass is 246 g/mol. The van der Waals surface area contributed by atoms with Gasteiger partial charge in [0.05, 0.1) is 6.61 Å².